The molecule has 0 aliphatic carbocycles. The van der Waals surface area contributed by atoms with E-state index in [0.717, 1.165) is 42.1 Å². The molecule has 108 valence electrons. The minimum atomic E-state index is 0.617. The number of nitrogens with two attached hydrogens (primary N) is 1. The minimum Gasteiger partial charge on any atom is -0.399 e. The van der Waals surface area contributed by atoms with Crippen LogP contribution in [-0.2, 0) is 11.3 Å². The van der Waals surface area contributed by atoms with Gasteiger partial charge in [0, 0.05) is 17.9 Å². The molecule has 0 fully saturated rings. The van der Waals surface area contributed by atoms with Crippen molar-refractivity contribution in [1.29, 1.82) is 0 Å². The Morgan fingerprint density at radius 1 is 1.30 bits per heavy atom. The molecule has 1 aromatic heterocycles. The number of nitrogen functional groups attached to an aromatic ring is 1. The van der Waals surface area contributed by atoms with Crippen LogP contribution in [0.4, 0.5) is 5.69 Å². The number of hydrogen-bond donors (Lipinski definition) is 1. The summed E-state index contributed by atoms with van der Waals surface area (Å²) in [5.74, 6) is 0.743. The van der Waals surface area contributed by atoms with E-state index < -0.39 is 0 Å². The molecule has 6 heteroatoms. The second kappa shape index (κ2) is 7.00. The number of benzene rings is 1. The van der Waals surface area contributed by atoms with Crippen LogP contribution in [0.1, 0.15) is 25.3 Å². The molecule has 0 amide bonds. The highest BCUT2D eigenvalue weighted by Gasteiger charge is 2.09. The van der Waals surface area contributed by atoms with Crippen molar-refractivity contribution in [2.75, 3.05) is 18.9 Å². The average molecular weight is 275 g/mol. The van der Waals surface area contributed by atoms with E-state index in [2.05, 4.69) is 22.4 Å². The Balaban J connectivity index is 2.02. The number of ether oxygens (including phenoxy) is 1. The van der Waals surface area contributed by atoms with E-state index >= 15 is 0 Å². The lowest BCUT2D eigenvalue weighted by Gasteiger charge is -2.07. The van der Waals surface area contributed by atoms with Gasteiger partial charge >= 0.3 is 0 Å². The lowest BCUT2D eigenvalue weighted by molar-refractivity contribution is 0.121. The monoisotopic (exact) mass is 275 g/mol. The zero-order chi connectivity index (χ0) is 14.4. The molecule has 0 radical (unpaired) electrons. The molecule has 0 aliphatic heterocycles. The largest absolute Gasteiger partial charge is 0.399 e. The maximum Gasteiger partial charge on any atom is 0.182 e. The highest BCUT2D eigenvalue weighted by Crippen LogP contribution is 2.20. The molecule has 2 N–H and O–H groups in total. The smallest absolute Gasteiger partial charge is 0.182 e. The molecule has 1 heterocycles. The summed E-state index contributed by atoms with van der Waals surface area (Å²) in [6, 6.07) is 5.80. The van der Waals surface area contributed by atoms with E-state index in [1.807, 2.05) is 25.1 Å². The van der Waals surface area contributed by atoms with Crippen LogP contribution in [0.25, 0.3) is 11.4 Å². The maximum atomic E-state index is 5.83. The summed E-state index contributed by atoms with van der Waals surface area (Å²) in [5, 5.41) is 11.8. The van der Waals surface area contributed by atoms with Crippen molar-refractivity contribution in [3.05, 3.63) is 23.8 Å². The van der Waals surface area contributed by atoms with Crippen molar-refractivity contribution in [2.24, 2.45) is 0 Å². The maximum absolute atomic E-state index is 5.83. The summed E-state index contributed by atoms with van der Waals surface area (Å²) in [6.07, 6.45) is 2.22. The standard InChI is InChI=1S/C14H21N5O/c1-3-4-8-20-9-7-19-14(16-17-18-19)12-5-6-13(15)11(2)10-12/h5-6,10H,3-4,7-9,15H2,1-2H3. The highest BCUT2D eigenvalue weighted by atomic mass is 16.5. The summed E-state index contributed by atoms with van der Waals surface area (Å²) in [6.45, 7) is 6.17. The number of aryl methyl sites for hydroxylation is 1. The van der Waals surface area contributed by atoms with Gasteiger partial charge in [0.15, 0.2) is 5.82 Å². The molecule has 0 spiro atoms. The molecular weight excluding hydrogens is 254 g/mol. The fraction of sp³-hybridized carbons (Fsp3) is 0.500. The molecular formula is C14H21N5O. The SMILES string of the molecule is CCCCOCCn1nnnc1-c1ccc(N)c(C)c1. The number of hydrogen-bond acceptors (Lipinski definition) is 5. The van der Waals surface area contributed by atoms with Crippen molar-refractivity contribution in [3.63, 3.8) is 0 Å². The molecule has 6 nitrogen and oxygen atoms in total. The molecule has 20 heavy (non-hydrogen) atoms. The Kier molecular flexibility index (Phi) is 5.06. The van der Waals surface area contributed by atoms with Gasteiger partial charge in [0.25, 0.3) is 0 Å². The zero-order valence-electron chi connectivity index (χ0n) is 12.0. The Morgan fingerprint density at radius 3 is 2.90 bits per heavy atom. The number of anilines is 1. The van der Waals surface area contributed by atoms with Crippen LogP contribution >= 0.6 is 0 Å². The molecule has 2 aromatic rings. The second-order valence-corrected chi connectivity index (χ2v) is 4.76. The van der Waals surface area contributed by atoms with Crippen LogP contribution < -0.4 is 5.73 Å². The summed E-state index contributed by atoms with van der Waals surface area (Å²) >= 11 is 0. The van der Waals surface area contributed by atoms with E-state index in [0.29, 0.717) is 13.2 Å². The van der Waals surface area contributed by atoms with Gasteiger partial charge in [0.2, 0.25) is 0 Å². The van der Waals surface area contributed by atoms with Crippen LogP contribution in [0.2, 0.25) is 0 Å². The molecule has 1 aromatic carbocycles. The van der Waals surface area contributed by atoms with Crippen LogP contribution in [-0.4, -0.2) is 33.4 Å². The van der Waals surface area contributed by atoms with Crippen molar-refractivity contribution in [3.8, 4) is 11.4 Å². The molecule has 0 bridgehead atoms. The normalized spacial score (nSPS) is 10.9. The van der Waals surface area contributed by atoms with Crippen LogP contribution in [0.3, 0.4) is 0 Å². The minimum absolute atomic E-state index is 0.617. The summed E-state index contributed by atoms with van der Waals surface area (Å²) in [4.78, 5) is 0. The van der Waals surface area contributed by atoms with Gasteiger partial charge in [0.1, 0.15) is 0 Å². The molecule has 0 atom stereocenters. The Morgan fingerprint density at radius 2 is 2.15 bits per heavy atom. The molecule has 0 saturated carbocycles. The summed E-state index contributed by atoms with van der Waals surface area (Å²) < 4.78 is 7.31. The Hall–Kier alpha value is -1.95. The fourth-order valence-electron chi connectivity index (χ4n) is 1.88. The number of tetrazole rings is 1. The van der Waals surface area contributed by atoms with Crippen LogP contribution in [0.5, 0.6) is 0 Å². The Bertz CT molecular complexity index is 552. The number of aromatic nitrogens is 4. The molecule has 0 saturated heterocycles. The van der Waals surface area contributed by atoms with E-state index in [1.54, 1.807) is 4.68 Å². The fourth-order valence-corrected chi connectivity index (χ4v) is 1.88. The average Bonchev–Trinajstić information content (AvgIpc) is 2.90. The van der Waals surface area contributed by atoms with Gasteiger partial charge in [0.05, 0.1) is 13.2 Å². The molecule has 0 aliphatic rings. The first-order chi connectivity index (χ1) is 9.72. The van der Waals surface area contributed by atoms with Gasteiger partial charge in [-0.05, 0) is 47.5 Å². The highest BCUT2D eigenvalue weighted by molar-refractivity contribution is 5.61. The first-order valence-electron chi connectivity index (χ1n) is 6.92. The molecule has 2 rings (SSSR count). The van der Waals surface area contributed by atoms with Crippen molar-refractivity contribution < 1.29 is 4.74 Å². The van der Waals surface area contributed by atoms with Gasteiger partial charge in [-0.15, -0.1) is 5.10 Å². The van der Waals surface area contributed by atoms with Crippen LogP contribution in [0, 0.1) is 6.92 Å². The Labute approximate surface area is 118 Å². The topological polar surface area (TPSA) is 78.8 Å². The van der Waals surface area contributed by atoms with E-state index in [1.165, 1.54) is 0 Å². The van der Waals surface area contributed by atoms with Gasteiger partial charge < -0.3 is 10.5 Å². The van der Waals surface area contributed by atoms with Gasteiger partial charge in [-0.1, -0.05) is 13.3 Å². The number of nitrogens with zero attached hydrogens (tertiary/aromatic N) is 4. The second-order valence-electron chi connectivity index (χ2n) is 4.76. The number of unbranched alkanes of at least 4 members (excludes halogenated alkanes) is 1. The first-order valence-corrected chi connectivity index (χ1v) is 6.92. The third-order valence-corrected chi connectivity index (χ3v) is 3.15. The van der Waals surface area contributed by atoms with Gasteiger partial charge in [-0.2, -0.15) is 0 Å². The van der Waals surface area contributed by atoms with E-state index in [-0.39, 0.29) is 0 Å². The lowest BCUT2D eigenvalue weighted by atomic mass is 10.1. The number of rotatable bonds is 7. The van der Waals surface area contributed by atoms with Crippen LogP contribution in [0.15, 0.2) is 18.2 Å². The predicted molar refractivity (Wildman–Crippen MR) is 78.1 cm³/mol. The quantitative estimate of drug-likeness (QED) is 0.618. The van der Waals surface area contributed by atoms with Crippen molar-refractivity contribution >= 4 is 5.69 Å². The molecule has 0 unspecified atom stereocenters. The third-order valence-electron chi connectivity index (χ3n) is 3.15. The zero-order valence-corrected chi connectivity index (χ0v) is 12.0. The van der Waals surface area contributed by atoms with Gasteiger partial charge in [-0.25, -0.2) is 4.68 Å². The summed E-state index contributed by atoms with van der Waals surface area (Å²) in [5.41, 5.74) is 8.59. The first kappa shape index (κ1) is 14.5. The van der Waals surface area contributed by atoms with Crippen molar-refractivity contribution in [2.45, 2.75) is 33.2 Å². The summed E-state index contributed by atoms with van der Waals surface area (Å²) in [7, 11) is 0. The van der Waals surface area contributed by atoms with E-state index in [9.17, 15) is 0 Å². The lowest BCUT2D eigenvalue weighted by Crippen LogP contribution is -2.10. The van der Waals surface area contributed by atoms with Crippen molar-refractivity contribution in [1.82, 2.24) is 20.2 Å². The third kappa shape index (κ3) is 3.54. The predicted octanol–water partition coefficient (Wildman–Crippen LogP) is 2.05. The van der Waals surface area contributed by atoms with E-state index in [4.69, 9.17) is 10.5 Å². The van der Waals surface area contributed by atoms with Gasteiger partial charge in [-0.3, -0.25) is 0 Å².